The molecule has 3 nitrogen and oxygen atoms in total. The van der Waals surface area contributed by atoms with Crippen molar-refractivity contribution in [1.29, 1.82) is 0 Å². The van der Waals surface area contributed by atoms with Crippen molar-refractivity contribution >= 4 is 11.0 Å². The molecule has 0 aliphatic heterocycles. The van der Waals surface area contributed by atoms with Crippen molar-refractivity contribution in [2.75, 3.05) is 0 Å². The van der Waals surface area contributed by atoms with Crippen molar-refractivity contribution in [2.45, 2.75) is 12.0 Å². The first kappa shape index (κ1) is 18.3. The van der Waals surface area contributed by atoms with Crippen LogP contribution in [0, 0.1) is 0 Å². The Morgan fingerprint density at radius 1 is 0.633 bits per heavy atom. The maximum atomic E-state index is 12.1. The van der Waals surface area contributed by atoms with E-state index in [1.165, 1.54) is 0 Å². The molecular formula is C27H22N2O. The number of nitrogens with zero attached hydrogens (tertiary/aromatic N) is 2. The largest absolute Gasteiger partial charge is 0.380 e. The lowest BCUT2D eigenvalue weighted by Gasteiger charge is -2.29. The van der Waals surface area contributed by atoms with Gasteiger partial charge in [-0.3, -0.25) is 4.57 Å². The fourth-order valence-corrected chi connectivity index (χ4v) is 4.09. The highest BCUT2D eigenvalue weighted by Gasteiger charge is 2.34. The molecule has 0 aliphatic carbocycles. The molecule has 0 amide bonds. The molecule has 1 N–H and O–H groups in total. The van der Waals surface area contributed by atoms with Gasteiger partial charge in [0, 0.05) is 12.1 Å². The summed E-state index contributed by atoms with van der Waals surface area (Å²) in [5, 5.41) is 12.1. The first-order valence-corrected chi connectivity index (χ1v) is 10.1. The van der Waals surface area contributed by atoms with Crippen LogP contribution in [-0.4, -0.2) is 14.7 Å². The lowest BCUT2D eigenvalue weighted by molar-refractivity contribution is 0.0786. The molecule has 146 valence electrons. The standard InChI is InChI=1S/C27H22N2O/c30-27(21-12-4-1-5-13-21,22-14-6-2-7-15-22)20-26-28-24-18-10-11-19-25(24)29(26)23-16-8-3-9-17-23/h1-19,30H,20H2. The first-order valence-electron chi connectivity index (χ1n) is 10.1. The summed E-state index contributed by atoms with van der Waals surface area (Å²) in [5.74, 6) is 0.817. The highest BCUT2D eigenvalue weighted by atomic mass is 16.3. The topological polar surface area (TPSA) is 38.1 Å². The van der Waals surface area contributed by atoms with Crippen LogP contribution in [0.3, 0.4) is 0 Å². The Kier molecular flexibility index (Phi) is 4.66. The van der Waals surface area contributed by atoms with Gasteiger partial charge in [0.05, 0.1) is 11.0 Å². The summed E-state index contributed by atoms with van der Waals surface area (Å²) in [4.78, 5) is 4.93. The van der Waals surface area contributed by atoms with E-state index in [2.05, 4.69) is 22.8 Å². The molecule has 3 heteroatoms. The Hall–Kier alpha value is -3.69. The van der Waals surface area contributed by atoms with E-state index in [1.807, 2.05) is 97.1 Å². The van der Waals surface area contributed by atoms with Gasteiger partial charge in [-0.1, -0.05) is 91.0 Å². The van der Waals surface area contributed by atoms with Gasteiger partial charge in [-0.2, -0.15) is 0 Å². The van der Waals surface area contributed by atoms with E-state index in [1.54, 1.807) is 0 Å². The van der Waals surface area contributed by atoms with E-state index in [4.69, 9.17) is 4.98 Å². The Labute approximate surface area is 175 Å². The number of imidazole rings is 1. The number of aromatic nitrogens is 2. The molecule has 1 aromatic heterocycles. The number of rotatable bonds is 5. The van der Waals surface area contributed by atoms with Crippen LogP contribution in [0.5, 0.6) is 0 Å². The average molecular weight is 390 g/mol. The summed E-state index contributed by atoms with van der Waals surface area (Å²) in [6.07, 6.45) is 0.352. The highest BCUT2D eigenvalue weighted by molar-refractivity contribution is 5.78. The number of hydrogen-bond donors (Lipinski definition) is 1. The molecule has 0 fully saturated rings. The number of aliphatic hydroxyl groups is 1. The Balaban J connectivity index is 1.72. The summed E-state index contributed by atoms with van der Waals surface area (Å²) in [6, 6.07) is 38.0. The third-order valence-electron chi connectivity index (χ3n) is 5.56. The summed E-state index contributed by atoms with van der Waals surface area (Å²) >= 11 is 0. The Bertz CT molecular complexity index is 1220. The molecule has 0 bridgehead atoms. The van der Waals surface area contributed by atoms with Gasteiger partial charge < -0.3 is 5.11 Å². The Morgan fingerprint density at radius 2 is 1.13 bits per heavy atom. The van der Waals surface area contributed by atoms with E-state index < -0.39 is 5.60 Å². The van der Waals surface area contributed by atoms with E-state index in [0.29, 0.717) is 6.42 Å². The minimum atomic E-state index is -1.20. The third-order valence-corrected chi connectivity index (χ3v) is 5.56. The van der Waals surface area contributed by atoms with Crippen LogP contribution in [0.15, 0.2) is 115 Å². The predicted octanol–water partition coefficient (Wildman–Crippen LogP) is 5.50. The molecule has 0 unspecified atom stereocenters. The van der Waals surface area contributed by atoms with Crippen LogP contribution in [0.4, 0.5) is 0 Å². The second-order valence-electron chi connectivity index (χ2n) is 7.46. The van der Waals surface area contributed by atoms with Gasteiger partial charge in [-0.15, -0.1) is 0 Å². The minimum absolute atomic E-state index is 0.352. The summed E-state index contributed by atoms with van der Waals surface area (Å²) in [7, 11) is 0. The molecule has 0 saturated heterocycles. The fourth-order valence-electron chi connectivity index (χ4n) is 4.09. The van der Waals surface area contributed by atoms with Gasteiger partial charge >= 0.3 is 0 Å². The van der Waals surface area contributed by atoms with Crippen LogP contribution in [0.1, 0.15) is 17.0 Å². The van der Waals surface area contributed by atoms with Gasteiger partial charge in [0.1, 0.15) is 11.4 Å². The summed E-state index contributed by atoms with van der Waals surface area (Å²) in [5.41, 5.74) is 3.48. The lowest BCUT2D eigenvalue weighted by atomic mass is 9.83. The third kappa shape index (κ3) is 3.19. The van der Waals surface area contributed by atoms with Crippen molar-refractivity contribution in [1.82, 2.24) is 9.55 Å². The zero-order valence-corrected chi connectivity index (χ0v) is 16.5. The van der Waals surface area contributed by atoms with Crippen LogP contribution >= 0.6 is 0 Å². The second kappa shape index (κ2) is 7.62. The lowest BCUT2D eigenvalue weighted by Crippen LogP contribution is -2.31. The zero-order chi connectivity index (χ0) is 20.4. The smallest absolute Gasteiger partial charge is 0.122 e. The minimum Gasteiger partial charge on any atom is -0.380 e. The van der Waals surface area contributed by atoms with Crippen molar-refractivity contribution in [3.05, 3.63) is 132 Å². The normalized spacial score (nSPS) is 11.6. The van der Waals surface area contributed by atoms with Gasteiger partial charge in [0.15, 0.2) is 0 Å². The SMILES string of the molecule is OC(Cc1nc2ccccc2n1-c1ccccc1)(c1ccccc1)c1ccccc1. The van der Waals surface area contributed by atoms with E-state index >= 15 is 0 Å². The van der Waals surface area contributed by atoms with Crippen molar-refractivity contribution in [3.8, 4) is 5.69 Å². The van der Waals surface area contributed by atoms with Crippen LogP contribution in [0.2, 0.25) is 0 Å². The summed E-state index contributed by atoms with van der Waals surface area (Å²) in [6.45, 7) is 0. The number of para-hydroxylation sites is 3. The van der Waals surface area contributed by atoms with Gasteiger partial charge in [0.2, 0.25) is 0 Å². The molecule has 0 atom stereocenters. The molecule has 5 rings (SSSR count). The number of fused-ring (bicyclic) bond motifs is 1. The molecule has 0 saturated carbocycles. The molecule has 4 aromatic carbocycles. The first-order chi connectivity index (χ1) is 14.8. The van der Waals surface area contributed by atoms with Crippen molar-refractivity contribution in [3.63, 3.8) is 0 Å². The number of benzene rings is 4. The maximum absolute atomic E-state index is 12.1. The van der Waals surface area contributed by atoms with Crippen LogP contribution in [0.25, 0.3) is 16.7 Å². The molecule has 30 heavy (non-hydrogen) atoms. The number of hydrogen-bond acceptors (Lipinski definition) is 2. The van der Waals surface area contributed by atoms with E-state index in [9.17, 15) is 5.11 Å². The molecule has 0 spiro atoms. The molecule has 1 heterocycles. The van der Waals surface area contributed by atoms with Gasteiger partial charge in [-0.25, -0.2) is 4.98 Å². The zero-order valence-electron chi connectivity index (χ0n) is 16.5. The van der Waals surface area contributed by atoms with Crippen LogP contribution < -0.4 is 0 Å². The van der Waals surface area contributed by atoms with Crippen molar-refractivity contribution in [2.24, 2.45) is 0 Å². The quantitative estimate of drug-likeness (QED) is 0.430. The fraction of sp³-hybridized carbons (Fsp3) is 0.0741. The van der Waals surface area contributed by atoms with E-state index in [-0.39, 0.29) is 0 Å². The molecule has 5 aromatic rings. The molecule has 0 aliphatic rings. The average Bonchev–Trinajstić information content (AvgIpc) is 3.18. The van der Waals surface area contributed by atoms with Crippen molar-refractivity contribution < 1.29 is 5.11 Å². The van der Waals surface area contributed by atoms with Crippen LogP contribution in [-0.2, 0) is 12.0 Å². The second-order valence-corrected chi connectivity index (χ2v) is 7.46. The molecular weight excluding hydrogens is 368 g/mol. The van der Waals surface area contributed by atoms with Gasteiger partial charge in [-0.05, 0) is 35.4 Å². The monoisotopic (exact) mass is 390 g/mol. The van der Waals surface area contributed by atoms with E-state index in [0.717, 1.165) is 33.7 Å². The highest BCUT2D eigenvalue weighted by Crippen LogP contribution is 2.34. The Morgan fingerprint density at radius 3 is 1.73 bits per heavy atom. The predicted molar refractivity (Wildman–Crippen MR) is 121 cm³/mol. The van der Waals surface area contributed by atoms with Gasteiger partial charge in [0.25, 0.3) is 0 Å². The maximum Gasteiger partial charge on any atom is 0.122 e. The summed E-state index contributed by atoms with van der Waals surface area (Å²) < 4.78 is 2.15. The molecule has 0 radical (unpaired) electrons.